The molecule has 3 heteroatoms. The van der Waals surface area contributed by atoms with Crippen molar-refractivity contribution in [3.63, 3.8) is 0 Å². The maximum atomic E-state index is 5.53. The lowest BCUT2D eigenvalue weighted by molar-refractivity contribution is 0.0497. The van der Waals surface area contributed by atoms with E-state index in [0.717, 1.165) is 12.4 Å². The summed E-state index contributed by atoms with van der Waals surface area (Å²) in [6, 6.07) is 8.71. The van der Waals surface area contributed by atoms with Gasteiger partial charge in [0.2, 0.25) is 0 Å². The molecule has 0 radical (unpaired) electrons. The van der Waals surface area contributed by atoms with E-state index in [4.69, 9.17) is 9.47 Å². The van der Waals surface area contributed by atoms with Crippen molar-refractivity contribution in [2.45, 2.75) is 19.0 Å². The maximum Gasteiger partial charge on any atom is 0.123 e. The Balaban J connectivity index is 2.20. The number of para-hydroxylation sites is 1. The van der Waals surface area contributed by atoms with Crippen molar-refractivity contribution in [2.75, 3.05) is 20.3 Å². The summed E-state index contributed by atoms with van der Waals surface area (Å²) in [5.74, 6) is 0.924. The van der Waals surface area contributed by atoms with Gasteiger partial charge in [0.05, 0.1) is 26.4 Å². The van der Waals surface area contributed by atoms with Gasteiger partial charge in [0, 0.05) is 11.6 Å². The molecule has 0 saturated carbocycles. The molecule has 1 aliphatic heterocycles. The van der Waals surface area contributed by atoms with Crippen molar-refractivity contribution < 1.29 is 9.47 Å². The Morgan fingerprint density at radius 3 is 2.87 bits per heavy atom. The number of ether oxygens (including phenoxy) is 2. The summed E-state index contributed by atoms with van der Waals surface area (Å²) < 4.78 is 10.9. The van der Waals surface area contributed by atoms with Crippen LogP contribution in [0.25, 0.3) is 0 Å². The minimum Gasteiger partial charge on any atom is -0.496 e. The number of rotatable bonds is 2. The van der Waals surface area contributed by atoms with Crippen LogP contribution in [-0.2, 0) is 4.74 Å². The Labute approximate surface area is 90.4 Å². The molecule has 1 aliphatic rings. The van der Waals surface area contributed by atoms with Gasteiger partial charge in [0.1, 0.15) is 5.75 Å². The predicted octanol–water partition coefficient (Wildman–Crippen LogP) is 1.74. The predicted molar refractivity (Wildman–Crippen MR) is 59.2 cm³/mol. The second-order valence-corrected chi connectivity index (χ2v) is 3.90. The molecule has 0 aliphatic carbocycles. The third kappa shape index (κ3) is 2.30. The van der Waals surface area contributed by atoms with Crippen LogP contribution in [0.3, 0.4) is 0 Å². The Bertz CT molecular complexity index is 327. The van der Waals surface area contributed by atoms with Gasteiger partial charge in [-0.2, -0.15) is 0 Å². The van der Waals surface area contributed by atoms with Crippen LogP contribution in [0.1, 0.15) is 18.5 Å². The molecule has 1 N–H and O–H groups in total. The molecule has 0 aromatic heterocycles. The third-order valence-corrected chi connectivity index (χ3v) is 2.65. The van der Waals surface area contributed by atoms with Crippen LogP contribution in [0, 0.1) is 0 Å². The summed E-state index contributed by atoms with van der Waals surface area (Å²) in [6.45, 7) is 3.62. The van der Waals surface area contributed by atoms with Crippen LogP contribution < -0.4 is 10.1 Å². The van der Waals surface area contributed by atoms with Gasteiger partial charge in [-0.1, -0.05) is 18.2 Å². The summed E-state index contributed by atoms with van der Waals surface area (Å²) in [7, 11) is 1.70. The van der Waals surface area contributed by atoms with E-state index < -0.39 is 0 Å². The molecule has 1 aromatic carbocycles. The number of morpholine rings is 1. The number of methoxy groups -OCH3 is 1. The van der Waals surface area contributed by atoms with Crippen molar-refractivity contribution in [2.24, 2.45) is 0 Å². The molecule has 0 bridgehead atoms. The van der Waals surface area contributed by atoms with Crippen LogP contribution in [0.4, 0.5) is 0 Å². The number of hydrogen-bond donors (Lipinski definition) is 1. The standard InChI is InChI=1S/C12H17NO2/c1-9-7-15-8-11(13-9)10-5-3-4-6-12(10)14-2/h3-6,9,11,13H,7-8H2,1-2H3. The van der Waals surface area contributed by atoms with Crippen molar-refractivity contribution in [1.29, 1.82) is 0 Å². The molecular formula is C12H17NO2. The molecule has 0 amide bonds. The first kappa shape index (κ1) is 10.5. The van der Waals surface area contributed by atoms with Crippen LogP contribution in [-0.4, -0.2) is 26.4 Å². The Morgan fingerprint density at radius 2 is 2.13 bits per heavy atom. The smallest absolute Gasteiger partial charge is 0.123 e. The van der Waals surface area contributed by atoms with Gasteiger partial charge in [-0.25, -0.2) is 0 Å². The van der Waals surface area contributed by atoms with Gasteiger partial charge in [-0.05, 0) is 13.0 Å². The summed E-state index contributed by atoms with van der Waals surface area (Å²) in [5.41, 5.74) is 1.17. The zero-order chi connectivity index (χ0) is 10.7. The molecule has 2 atom stereocenters. The molecule has 15 heavy (non-hydrogen) atoms. The van der Waals surface area contributed by atoms with Gasteiger partial charge in [-0.3, -0.25) is 0 Å². The molecule has 2 unspecified atom stereocenters. The topological polar surface area (TPSA) is 30.5 Å². The highest BCUT2D eigenvalue weighted by molar-refractivity contribution is 5.36. The molecule has 0 spiro atoms. The second-order valence-electron chi connectivity index (χ2n) is 3.90. The number of benzene rings is 1. The van der Waals surface area contributed by atoms with E-state index >= 15 is 0 Å². The number of hydrogen-bond acceptors (Lipinski definition) is 3. The highest BCUT2D eigenvalue weighted by Gasteiger charge is 2.22. The third-order valence-electron chi connectivity index (χ3n) is 2.65. The maximum absolute atomic E-state index is 5.53. The summed E-state index contributed by atoms with van der Waals surface area (Å²) >= 11 is 0. The highest BCUT2D eigenvalue weighted by Crippen LogP contribution is 2.26. The zero-order valence-corrected chi connectivity index (χ0v) is 9.19. The Kier molecular flexibility index (Phi) is 3.23. The van der Waals surface area contributed by atoms with Gasteiger partial charge in [0.15, 0.2) is 0 Å². The number of nitrogens with one attached hydrogen (secondary N) is 1. The lowest BCUT2D eigenvalue weighted by atomic mass is 10.0. The van der Waals surface area contributed by atoms with E-state index in [0.29, 0.717) is 12.6 Å². The lowest BCUT2D eigenvalue weighted by Gasteiger charge is -2.30. The molecule has 1 heterocycles. The molecule has 82 valence electrons. The van der Waals surface area contributed by atoms with Crippen molar-refractivity contribution in [3.05, 3.63) is 29.8 Å². The summed E-state index contributed by atoms with van der Waals surface area (Å²) in [6.07, 6.45) is 0. The van der Waals surface area contributed by atoms with Crippen molar-refractivity contribution in [1.82, 2.24) is 5.32 Å². The normalized spacial score (nSPS) is 26.3. The Morgan fingerprint density at radius 1 is 1.33 bits per heavy atom. The van der Waals surface area contributed by atoms with Crippen LogP contribution in [0.5, 0.6) is 5.75 Å². The van der Waals surface area contributed by atoms with Crippen LogP contribution >= 0.6 is 0 Å². The fourth-order valence-electron chi connectivity index (χ4n) is 1.94. The largest absolute Gasteiger partial charge is 0.496 e. The minimum absolute atomic E-state index is 0.241. The van der Waals surface area contributed by atoms with E-state index in [-0.39, 0.29) is 6.04 Å². The van der Waals surface area contributed by atoms with Crippen LogP contribution in [0.15, 0.2) is 24.3 Å². The van der Waals surface area contributed by atoms with E-state index in [2.05, 4.69) is 18.3 Å². The molecule has 1 saturated heterocycles. The van der Waals surface area contributed by atoms with E-state index in [1.54, 1.807) is 7.11 Å². The van der Waals surface area contributed by atoms with E-state index in [1.165, 1.54) is 5.56 Å². The second kappa shape index (κ2) is 4.64. The van der Waals surface area contributed by atoms with Gasteiger partial charge in [0.25, 0.3) is 0 Å². The van der Waals surface area contributed by atoms with Gasteiger partial charge < -0.3 is 14.8 Å². The van der Waals surface area contributed by atoms with E-state index in [9.17, 15) is 0 Å². The van der Waals surface area contributed by atoms with Crippen molar-refractivity contribution in [3.8, 4) is 5.75 Å². The molecule has 2 rings (SSSR count). The fraction of sp³-hybridized carbons (Fsp3) is 0.500. The first-order chi connectivity index (χ1) is 7.31. The minimum atomic E-state index is 0.241. The fourth-order valence-corrected chi connectivity index (χ4v) is 1.94. The first-order valence-electron chi connectivity index (χ1n) is 5.28. The average molecular weight is 207 g/mol. The highest BCUT2D eigenvalue weighted by atomic mass is 16.5. The van der Waals surface area contributed by atoms with Crippen molar-refractivity contribution >= 4 is 0 Å². The molecule has 1 fully saturated rings. The summed E-state index contributed by atoms with van der Waals surface area (Å²) in [5, 5.41) is 3.50. The van der Waals surface area contributed by atoms with E-state index in [1.807, 2.05) is 18.2 Å². The zero-order valence-electron chi connectivity index (χ0n) is 9.19. The molecular weight excluding hydrogens is 190 g/mol. The molecule has 1 aromatic rings. The Hall–Kier alpha value is -1.06. The first-order valence-corrected chi connectivity index (χ1v) is 5.28. The SMILES string of the molecule is COc1ccccc1C1COCC(C)N1. The quantitative estimate of drug-likeness (QED) is 0.801. The van der Waals surface area contributed by atoms with Crippen LogP contribution in [0.2, 0.25) is 0 Å². The monoisotopic (exact) mass is 207 g/mol. The van der Waals surface area contributed by atoms with Gasteiger partial charge in [-0.15, -0.1) is 0 Å². The summed E-state index contributed by atoms with van der Waals surface area (Å²) in [4.78, 5) is 0. The lowest BCUT2D eigenvalue weighted by Crippen LogP contribution is -2.41. The van der Waals surface area contributed by atoms with Gasteiger partial charge >= 0.3 is 0 Å². The average Bonchev–Trinajstić information content (AvgIpc) is 2.29. The molecule has 3 nitrogen and oxygen atoms in total.